The molecule has 8 heavy (non-hydrogen) atoms. The van der Waals surface area contributed by atoms with E-state index >= 15 is 0 Å². The number of hydrogen-bond acceptors (Lipinski definition) is 1. The molecule has 0 saturated carbocycles. The average Bonchev–Trinajstić information content (AvgIpc) is 1.83. The van der Waals surface area contributed by atoms with E-state index in [0.29, 0.717) is 12.5 Å². The Labute approximate surface area is 51.0 Å². The minimum atomic E-state index is 0.316. The van der Waals surface area contributed by atoms with Crippen molar-refractivity contribution in [3.63, 3.8) is 0 Å². The summed E-state index contributed by atoms with van der Waals surface area (Å²) in [6.45, 7) is 2.64. The van der Waals surface area contributed by atoms with Crippen LogP contribution in [-0.4, -0.2) is 6.61 Å². The quantitative estimate of drug-likeness (QED) is 0.501. The summed E-state index contributed by atoms with van der Waals surface area (Å²) in [5.41, 5.74) is 0. The van der Waals surface area contributed by atoms with E-state index in [9.17, 15) is 0 Å². The molecule has 1 nitrogen and oxygen atoms in total. The van der Waals surface area contributed by atoms with Gasteiger partial charge in [0.05, 0.1) is 7.11 Å². The van der Waals surface area contributed by atoms with Crippen LogP contribution in [0, 0.1) is 25.4 Å². The number of ether oxygens (including phenoxy) is 1. The summed E-state index contributed by atoms with van der Waals surface area (Å²) in [6.07, 6.45) is 5.99. The van der Waals surface area contributed by atoms with Crippen LogP contribution in [0.1, 0.15) is 13.3 Å². The molecule has 0 rings (SSSR count). The molecule has 0 amide bonds. The lowest BCUT2D eigenvalue weighted by atomic mass is 10.1. The smallest absolute Gasteiger partial charge is 0.0700 e. The third-order valence-electron chi connectivity index (χ3n) is 0.980. The molecule has 0 heterocycles. The molecule has 1 heteroatoms. The van der Waals surface area contributed by atoms with Crippen LogP contribution in [0.2, 0.25) is 0 Å². The molecule has 1 radical (unpaired) electrons. The summed E-state index contributed by atoms with van der Waals surface area (Å²) in [7, 11) is 3.22. The van der Waals surface area contributed by atoms with Crippen LogP contribution in [0.5, 0.6) is 0 Å². The maximum Gasteiger partial charge on any atom is 0.0700 e. The molecule has 0 saturated heterocycles. The highest BCUT2D eigenvalue weighted by Gasteiger charge is 1.92. The predicted molar refractivity (Wildman–Crippen MR) is 33.9 cm³/mol. The highest BCUT2D eigenvalue weighted by molar-refractivity contribution is 4.89. The van der Waals surface area contributed by atoms with Crippen molar-refractivity contribution in [3.05, 3.63) is 7.11 Å². The Morgan fingerprint density at radius 2 is 2.50 bits per heavy atom. The Morgan fingerprint density at radius 1 is 1.88 bits per heavy atom. The minimum Gasteiger partial charge on any atom is -0.379 e. The van der Waals surface area contributed by atoms with Crippen LogP contribution < -0.4 is 0 Å². The van der Waals surface area contributed by atoms with Crippen LogP contribution in [0.15, 0.2) is 0 Å². The molecular weight excluding hydrogens is 100 g/mol. The monoisotopic (exact) mass is 111 g/mol. The van der Waals surface area contributed by atoms with Crippen LogP contribution >= 0.6 is 0 Å². The van der Waals surface area contributed by atoms with Gasteiger partial charge in [-0.1, -0.05) is 6.92 Å². The second-order valence-corrected chi connectivity index (χ2v) is 1.76. The largest absolute Gasteiger partial charge is 0.379 e. The Hall–Kier alpha value is -0.480. The molecule has 0 spiro atoms. The first-order chi connectivity index (χ1) is 3.81. The minimum absolute atomic E-state index is 0.316. The molecule has 0 aliphatic rings. The highest BCUT2D eigenvalue weighted by Crippen LogP contribution is 1.97. The van der Waals surface area contributed by atoms with Gasteiger partial charge < -0.3 is 4.74 Å². The van der Waals surface area contributed by atoms with E-state index < -0.39 is 0 Å². The van der Waals surface area contributed by atoms with E-state index in [0.717, 1.165) is 6.42 Å². The van der Waals surface area contributed by atoms with Crippen LogP contribution in [0.4, 0.5) is 0 Å². The van der Waals surface area contributed by atoms with E-state index in [-0.39, 0.29) is 0 Å². The summed E-state index contributed by atoms with van der Waals surface area (Å²) in [4.78, 5) is 0. The lowest BCUT2D eigenvalue weighted by Gasteiger charge is -1.99. The highest BCUT2D eigenvalue weighted by atomic mass is 16.5. The van der Waals surface area contributed by atoms with Gasteiger partial charge in [0.25, 0.3) is 0 Å². The Kier molecular flexibility index (Phi) is 4.39. The van der Waals surface area contributed by atoms with Gasteiger partial charge in [0.2, 0.25) is 0 Å². The lowest BCUT2D eigenvalue weighted by Crippen LogP contribution is -1.94. The first-order valence-electron chi connectivity index (χ1n) is 2.64. The van der Waals surface area contributed by atoms with Crippen molar-refractivity contribution in [2.45, 2.75) is 13.3 Å². The molecule has 0 aliphatic carbocycles. The van der Waals surface area contributed by atoms with Gasteiger partial charge >= 0.3 is 0 Å². The molecule has 0 N–H and O–H groups in total. The summed E-state index contributed by atoms with van der Waals surface area (Å²) < 4.78 is 4.57. The van der Waals surface area contributed by atoms with Gasteiger partial charge in [-0.2, -0.15) is 0 Å². The van der Waals surface area contributed by atoms with E-state index in [1.54, 1.807) is 0 Å². The summed E-state index contributed by atoms with van der Waals surface area (Å²) in [6, 6.07) is 0. The lowest BCUT2D eigenvalue weighted by molar-refractivity contribution is 0.228. The average molecular weight is 111 g/mol. The Bertz CT molecular complexity index is 80.9. The molecular formula is C7H11O. The molecule has 45 valence electrons. The van der Waals surface area contributed by atoms with E-state index in [1.165, 1.54) is 0 Å². The van der Waals surface area contributed by atoms with E-state index in [1.807, 2.05) is 6.92 Å². The van der Waals surface area contributed by atoms with Gasteiger partial charge in [0.1, 0.15) is 0 Å². The molecule has 0 aliphatic heterocycles. The topological polar surface area (TPSA) is 9.23 Å². The normalized spacial score (nSPS) is 12.6. The third kappa shape index (κ3) is 3.70. The van der Waals surface area contributed by atoms with Crippen molar-refractivity contribution in [1.82, 2.24) is 0 Å². The first kappa shape index (κ1) is 7.52. The SMILES string of the molecule is C#CC(C)CCO[CH2]. The molecule has 0 aromatic rings. The molecule has 0 fully saturated rings. The number of terminal acetylenes is 1. The molecule has 0 bridgehead atoms. The zero-order chi connectivity index (χ0) is 6.41. The van der Waals surface area contributed by atoms with E-state index in [2.05, 4.69) is 17.8 Å². The van der Waals surface area contributed by atoms with Gasteiger partial charge in [0.15, 0.2) is 0 Å². The fraction of sp³-hybridized carbons (Fsp3) is 0.571. The molecule has 0 aromatic heterocycles. The van der Waals surface area contributed by atoms with Gasteiger partial charge in [-0.05, 0) is 6.42 Å². The van der Waals surface area contributed by atoms with Crippen molar-refractivity contribution < 1.29 is 4.74 Å². The maximum absolute atomic E-state index is 5.09. The molecule has 1 atom stereocenters. The van der Waals surface area contributed by atoms with Crippen LogP contribution in [-0.2, 0) is 4.74 Å². The second-order valence-electron chi connectivity index (χ2n) is 1.76. The van der Waals surface area contributed by atoms with Crippen molar-refractivity contribution >= 4 is 0 Å². The van der Waals surface area contributed by atoms with Crippen molar-refractivity contribution in [2.75, 3.05) is 6.61 Å². The Balaban J connectivity index is 3.02. The summed E-state index contributed by atoms with van der Waals surface area (Å²) in [5, 5.41) is 0. The molecule has 1 unspecified atom stereocenters. The van der Waals surface area contributed by atoms with Crippen molar-refractivity contribution in [2.24, 2.45) is 5.92 Å². The summed E-state index contributed by atoms with van der Waals surface area (Å²) >= 11 is 0. The van der Waals surface area contributed by atoms with E-state index in [4.69, 9.17) is 6.42 Å². The predicted octanol–water partition coefficient (Wildman–Crippen LogP) is 1.45. The van der Waals surface area contributed by atoms with Crippen LogP contribution in [0.25, 0.3) is 0 Å². The third-order valence-corrected chi connectivity index (χ3v) is 0.980. The molecule has 0 aromatic carbocycles. The second kappa shape index (κ2) is 4.67. The Morgan fingerprint density at radius 3 is 2.88 bits per heavy atom. The van der Waals surface area contributed by atoms with Gasteiger partial charge in [-0.3, -0.25) is 0 Å². The summed E-state index contributed by atoms with van der Waals surface area (Å²) in [5.74, 6) is 2.91. The van der Waals surface area contributed by atoms with Crippen molar-refractivity contribution in [1.29, 1.82) is 0 Å². The zero-order valence-electron chi connectivity index (χ0n) is 5.18. The fourth-order valence-electron chi connectivity index (χ4n) is 0.343. The fourth-order valence-corrected chi connectivity index (χ4v) is 0.343. The van der Waals surface area contributed by atoms with Crippen molar-refractivity contribution in [3.8, 4) is 12.3 Å². The van der Waals surface area contributed by atoms with Gasteiger partial charge in [0, 0.05) is 12.5 Å². The first-order valence-corrected chi connectivity index (χ1v) is 2.64. The van der Waals surface area contributed by atoms with Gasteiger partial charge in [-0.25, -0.2) is 0 Å². The zero-order valence-corrected chi connectivity index (χ0v) is 5.18. The maximum atomic E-state index is 5.09. The number of rotatable bonds is 3. The van der Waals surface area contributed by atoms with Gasteiger partial charge in [-0.15, -0.1) is 12.3 Å². The van der Waals surface area contributed by atoms with Crippen LogP contribution in [0.3, 0.4) is 0 Å². The number of hydrogen-bond donors (Lipinski definition) is 0. The standard InChI is InChI=1S/C7H11O/c1-4-7(2)5-6-8-3/h1,7H,3,5-6H2,2H3.